The van der Waals surface area contributed by atoms with Crippen LogP contribution in [0.4, 0.5) is 0 Å². The van der Waals surface area contributed by atoms with E-state index in [1.165, 1.54) is 5.56 Å². The molecule has 4 heteroatoms. The minimum absolute atomic E-state index is 0.158. The molecular weight excluding hydrogens is 406 g/mol. The van der Waals surface area contributed by atoms with Crippen LogP contribution in [0.3, 0.4) is 0 Å². The summed E-state index contributed by atoms with van der Waals surface area (Å²) in [5, 5.41) is 0. The van der Waals surface area contributed by atoms with Gasteiger partial charge in [-0.15, -0.1) is 0 Å². The Kier molecular flexibility index (Phi) is 5.76. The van der Waals surface area contributed by atoms with E-state index in [1.54, 1.807) is 0 Å². The highest BCUT2D eigenvalue weighted by molar-refractivity contribution is 14.1. The highest BCUT2D eigenvalue weighted by atomic mass is 127. The number of rotatable bonds is 4. The quantitative estimate of drug-likeness (QED) is 0.429. The van der Waals surface area contributed by atoms with E-state index in [2.05, 4.69) is 28.7 Å². The van der Waals surface area contributed by atoms with Gasteiger partial charge in [-0.3, -0.25) is 4.79 Å². The predicted octanol–water partition coefficient (Wildman–Crippen LogP) is 3.10. The lowest BCUT2D eigenvalue weighted by atomic mass is 10.1. The number of carbonyl (C=O) groups excluding carboxylic acids is 1. The van der Waals surface area contributed by atoms with Crippen molar-refractivity contribution in [2.75, 3.05) is 4.43 Å². The monoisotopic (exact) mass is 416 g/mol. The summed E-state index contributed by atoms with van der Waals surface area (Å²) in [4.78, 5) is 11.0. The van der Waals surface area contributed by atoms with Crippen LogP contribution in [-0.4, -0.2) is 10.4 Å². The van der Waals surface area contributed by atoms with E-state index < -0.39 is 0 Å². The number of hydrogen-bond donors (Lipinski definition) is 0. The summed E-state index contributed by atoms with van der Waals surface area (Å²) in [5.74, 6) is -0.158. The SMILES string of the molecule is O=C(CI)OCc1ccccc1CI. The summed E-state index contributed by atoms with van der Waals surface area (Å²) in [6, 6.07) is 8.01. The second-order valence-electron chi connectivity index (χ2n) is 2.70. The molecule has 0 aliphatic heterocycles. The van der Waals surface area contributed by atoms with Crippen LogP contribution in [-0.2, 0) is 20.6 Å². The van der Waals surface area contributed by atoms with Crippen molar-refractivity contribution in [1.82, 2.24) is 0 Å². The zero-order valence-electron chi connectivity index (χ0n) is 7.50. The van der Waals surface area contributed by atoms with Crippen LogP contribution >= 0.6 is 45.2 Å². The lowest BCUT2D eigenvalue weighted by Crippen LogP contribution is -2.06. The van der Waals surface area contributed by atoms with Gasteiger partial charge in [0.2, 0.25) is 0 Å². The maximum Gasteiger partial charge on any atom is 0.316 e. The standard InChI is InChI=1S/C10H10I2O2/c11-5-8-3-1-2-4-9(8)7-14-10(13)6-12/h1-4H,5-7H2. The normalized spacial score (nSPS) is 9.86. The van der Waals surface area contributed by atoms with Crippen molar-refractivity contribution in [3.8, 4) is 0 Å². The highest BCUT2D eigenvalue weighted by Crippen LogP contribution is 2.13. The molecule has 0 bridgehead atoms. The van der Waals surface area contributed by atoms with Gasteiger partial charge in [-0.1, -0.05) is 69.4 Å². The van der Waals surface area contributed by atoms with Crippen molar-refractivity contribution in [1.29, 1.82) is 0 Å². The van der Waals surface area contributed by atoms with Gasteiger partial charge >= 0.3 is 5.97 Å². The summed E-state index contributed by atoms with van der Waals surface area (Å²) < 4.78 is 6.42. The van der Waals surface area contributed by atoms with Gasteiger partial charge in [-0.2, -0.15) is 0 Å². The van der Waals surface area contributed by atoms with Crippen LogP contribution in [0.1, 0.15) is 11.1 Å². The minimum atomic E-state index is -0.158. The first kappa shape index (κ1) is 12.2. The molecule has 2 nitrogen and oxygen atoms in total. The molecule has 0 amide bonds. The molecule has 0 saturated heterocycles. The third-order valence-corrected chi connectivity index (χ3v) is 3.20. The van der Waals surface area contributed by atoms with Gasteiger partial charge in [-0.25, -0.2) is 0 Å². The van der Waals surface area contributed by atoms with Crippen molar-refractivity contribution in [2.45, 2.75) is 11.0 Å². The molecule has 1 aromatic rings. The Morgan fingerprint density at radius 1 is 1.21 bits per heavy atom. The van der Waals surface area contributed by atoms with E-state index >= 15 is 0 Å². The van der Waals surface area contributed by atoms with Gasteiger partial charge in [0.25, 0.3) is 0 Å². The molecule has 1 aromatic carbocycles. The van der Waals surface area contributed by atoms with Gasteiger partial charge in [0.15, 0.2) is 0 Å². The number of carbonyl (C=O) groups is 1. The zero-order valence-corrected chi connectivity index (χ0v) is 11.8. The van der Waals surface area contributed by atoms with E-state index in [0.717, 1.165) is 9.99 Å². The summed E-state index contributed by atoms with van der Waals surface area (Å²) in [6.45, 7) is 0.390. The molecule has 0 fully saturated rings. The van der Waals surface area contributed by atoms with Crippen LogP contribution < -0.4 is 0 Å². The third kappa shape index (κ3) is 3.72. The molecule has 0 N–H and O–H groups in total. The van der Waals surface area contributed by atoms with Crippen LogP contribution in [0.5, 0.6) is 0 Å². The first-order valence-corrected chi connectivity index (χ1v) is 7.17. The van der Waals surface area contributed by atoms with Crippen LogP contribution in [0.2, 0.25) is 0 Å². The Labute approximate surface area is 111 Å². The number of esters is 1. The molecule has 0 aliphatic rings. The Morgan fingerprint density at radius 2 is 1.86 bits per heavy atom. The van der Waals surface area contributed by atoms with E-state index in [0.29, 0.717) is 11.0 Å². The average Bonchev–Trinajstić information content (AvgIpc) is 2.26. The maximum atomic E-state index is 11.0. The molecule has 0 heterocycles. The maximum absolute atomic E-state index is 11.0. The molecule has 1 rings (SSSR count). The number of hydrogen-bond acceptors (Lipinski definition) is 2. The molecule has 0 unspecified atom stereocenters. The van der Waals surface area contributed by atoms with E-state index in [-0.39, 0.29) is 5.97 Å². The summed E-state index contributed by atoms with van der Waals surface area (Å²) in [7, 11) is 0. The molecule has 0 saturated carbocycles. The van der Waals surface area contributed by atoms with Crippen molar-refractivity contribution in [3.63, 3.8) is 0 Å². The van der Waals surface area contributed by atoms with Crippen LogP contribution in [0.25, 0.3) is 0 Å². The highest BCUT2D eigenvalue weighted by Gasteiger charge is 2.03. The molecule has 76 valence electrons. The Bertz CT molecular complexity index is 313. The van der Waals surface area contributed by atoms with E-state index in [4.69, 9.17) is 4.74 Å². The van der Waals surface area contributed by atoms with Gasteiger partial charge in [0, 0.05) is 4.43 Å². The second-order valence-corrected chi connectivity index (χ2v) is 4.22. The summed E-state index contributed by atoms with van der Waals surface area (Å²) in [5.41, 5.74) is 2.33. The minimum Gasteiger partial charge on any atom is -0.460 e. The molecule has 0 aliphatic carbocycles. The predicted molar refractivity (Wildman–Crippen MR) is 72.8 cm³/mol. The Morgan fingerprint density at radius 3 is 2.43 bits per heavy atom. The van der Waals surface area contributed by atoms with Gasteiger partial charge in [-0.05, 0) is 11.1 Å². The van der Waals surface area contributed by atoms with Crippen LogP contribution in [0.15, 0.2) is 24.3 Å². The fourth-order valence-corrected chi connectivity index (χ4v) is 1.99. The first-order valence-electron chi connectivity index (χ1n) is 4.12. The van der Waals surface area contributed by atoms with Crippen molar-refractivity contribution in [2.24, 2.45) is 0 Å². The summed E-state index contributed by atoms with van der Waals surface area (Å²) >= 11 is 4.30. The second kappa shape index (κ2) is 6.60. The van der Waals surface area contributed by atoms with Crippen molar-refractivity contribution >= 4 is 51.2 Å². The number of benzene rings is 1. The van der Waals surface area contributed by atoms with Gasteiger partial charge in [0.05, 0.1) is 4.43 Å². The third-order valence-electron chi connectivity index (χ3n) is 1.76. The molecule has 0 radical (unpaired) electrons. The fourth-order valence-electron chi connectivity index (χ4n) is 1.03. The molecule has 14 heavy (non-hydrogen) atoms. The van der Waals surface area contributed by atoms with E-state index in [1.807, 2.05) is 40.8 Å². The number of alkyl halides is 2. The Balaban J connectivity index is 2.61. The van der Waals surface area contributed by atoms with Gasteiger partial charge in [0.1, 0.15) is 6.61 Å². The topological polar surface area (TPSA) is 26.3 Å². The van der Waals surface area contributed by atoms with Crippen molar-refractivity contribution in [3.05, 3.63) is 35.4 Å². The van der Waals surface area contributed by atoms with E-state index in [9.17, 15) is 4.79 Å². The molecule has 0 aromatic heterocycles. The average molecular weight is 416 g/mol. The smallest absolute Gasteiger partial charge is 0.316 e. The lowest BCUT2D eigenvalue weighted by molar-refractivity contribution is -0.141. The van der Waals surface area contributed by atoms with Gasteiger partial charge < -0.3 is 4.74 Å². The number of halogens is 2. The zero-order chi connectivity index (χ0) is 10.4. The molecule has 0 spiro atoms. The van der Waals surface area contributed by atoms with Crippen molar-refractivity contribution < 1.29 is 9.53 Å². The Hall–Kier alpha value is 0.150. The summed E-state index contributed by atoms with van der Waals surface area (Å²) in [6.07, 6.45) is 0. The first-order chi connectivity index (χ1) is 6.77. The lowest BCUT2D eigenvalue weighted by Gasteiger charge is -2.06. The molecule has 0 atom stereocenters. The fraction of sp³-hybridized carbons (Fsp3) is 0.300. The largest absolute Gasteiger partial charge is 0.460 e. The van der Waals surface area contributed by atoms with Crippen LogP contribution in [0, 0.1) is 0 Å². The molecular formula is C10H10I2O2. The number of ether oxygens (including phenoxy) is 1.